The number of hydrogen-bond acceptors (Lipinski definition) is 6. The van der Waals surface area contributed by atoms with Crippen LogP contribution in [-0.4, -0.2) is 32.8 Å². The molecule has 0 bridgehead atoms. The summed E-state index contributed by atoms with van der Waals surface area (Å²) in [4.78, 5) is 21.9. The zero-order chi connectivity index (χ0) is 19.3. The van der Waals surface area contributed by atoms with Crippen LogP contribution in [-0.2, 0) is 14.8 Å². The van der Waals surface area contributed by atoms with Crippen LogP contribution in [0.3, 0.4) is 0 Å². The summed E-state index contributed by atoms with van der Waals surface area (Å²) in [5.74, 6) is -0.600. The van der Waals surface area contributed by atoms with Gasteiger partial charge in [0.05, 0.1) is 16.4 Å². The number of sulfonamides is 1. The van der Waals surface area contributed by atoms with Crippen LogP contribution in [0.2, 0.25) is 5.02 Å². The second-order valence-corrected chi connectivity index (χ2v) is 7.27. The van der Waals surface area contributed by atoms with E-state index in [2.05, 4.69) is 15.4 Å². The quantitative estimate of drug-likeness (QED) is 0.484. The molecule has 0 aliphatic rings. The van der Waals surface area contributed by atoms with Crippen molar-refractivity contribution in [3.05, 3.63) is 57.6 Å². The second kappa shape index (κ2) is 8.13. The number of nitrogens with zero attached hydrogens (tertiary/aromatic N) is 1. The molecule has 0 unspecified atom stereocenters. The molecule has 0 aliphatic carbocycles. The van der Waals surface area contributed by atoms with Crippen molar-refractivity contribution in [2.75, 3.05) is 24.2 Å². The van der Waals surface area contributed by atoms with Crippen molar-refractivity contribution in [3.63, 3.8) is 0 Å². The van der Waals surface area contributed by atoms with Crippen LogP contribution in [0.5, 0.6) is 0 Å². The van der Waals surface area contributed by atoms with E-state index >= 15 is 0 Å². The van der Waals surface area contributed by atoms with Crippen LogP contribution in [0.25, 0.3) is 0 Å². The van der Waals surface area contributed by atoms with E-state index in [9.17, 15) is 23.3 Å². The summed E-state index contributed by atoms with van der Waals surface area (Å²) >= 11 is 5.74. The summed E-state index contributed by atoms with van der Waals surface area (Å²) in [5, 5.41) is 16.6. The summed E-state index contributed by atoms with van der Waals surface area (Å²) in [6, 6.07) is 9.68. The van der Waals surface area contributed by atoms with Gasteiger partial charge in [-0.25, -0.2) is 13.1 Å². The number of benzene rings is 2. The minimum atomic E-state index is -4.10. The third kappa shape index (κ3) is 4.91. The average Bonchev–Trinajstić information content (AvgIpc) is 2.61. The SMILES string of the molecule is CNc1ccc(S(=O)(=O)NCC(=O)Nc2ccc(Cl)cc2)cc1[N+](=O)[O-]. The van der Waals surface area contributed by atoms with Crippen LogP contribution < -0.4 is 15.4 Å². The number of hydrogen-bond donors (Lipinski definition) is 3. The van der Waals surface area contributed by atoms with Gasteiger partial charge in [-0.1, -0.05) is 11.6 Å². The maximum absolute atomic E-state index is 12.3. The first kappa shape index (κ1) is 19.6. The zero-order valence-corrected chi connectivity index (χ0v) is 15.1. The largest absolute Gasteiger partial charge is 0.383 e. The number of halogens is 1. The lowest BCUT2D eigenvalue weighted by atomic mass is 10.3. The number of amides is 1. The normalized spacial score (nSPS) is 11.0. The van der Waals surface area contributed by atoms with Gasteiger partial charge in [-0.2, -0.15) is 0 Å². The predicted molar refractivity (Wildman–Crippen MR) is 97.9 cm³/mol. The Morgan fingerprint density at radius 3 is 2.42 bits per heavy atom. The topological polar surface area (TPSA) is 130 Å². The van der Waals surface area contributed by atoms with Gasteiger partial charge in [0.1, 0.15) is 5.69 Å². The van der Waals surface area contributed by atoms with E-state index in [0.29, 0.717) is 10.7 Å². The molecule has 0 spiro atoms. The summed E-state index contributed by atoms with van der Waals surface area (Å²) in [6.07, 6.45) is 0. The molecule has 9 nitrogen and oxygen atoms in total. The molecule has 0 saturated carbocycles. The monoisotopic (exact) mass is 398 g/mol. The molecule has 0 heterocycles. The third-order valence-electron chi connectivity index (χ3n) is 3.30. The predicted octanol–water partition coefficient (Wildman–Crippen LogP) is 2.21. The van der Waals surface area contributed by atoms with Crippen molar-refractivity contribution < 1.29 is 18.1 Å². The van der Waals surface area contributed by atoms with Gasteiger partial charge in [0.15, 0.2) is 0 Å². The van der Waals surface area contributed by atoms with Crippen LogP contribution in [0.1, 0.15) is 0 Å². The van der Waals surface area contributed by atoms with Crippen LogP contribution in [0.15, 0.2) is 47.4 Å². The first-order valence-electron chi connectivity index (χ1n) is 7.24. The average molecular weight is 399 g/mol. The molecule has 0 fully saturated rings. The zero-order valence-electron chi connectivity index (χ0n) is 13.5. The lowest BCUT2D eigenvalue weighted by Gasteiger charge is -2.09. The molecule has 2 rings (SSSR count). The highest BCUT2D eigenvalue weighted by Crippen LogP contribution is 2.26. The van der Waals surface area contributed by atoms with Gasteiger partial charge >= 0.3 is 0 Å². The lowest BCUT2D eigenvalue weighted by Crippen LogP contribution is -2.32. The van der Waals surface area contributed by atoms with Gasteiger partial charge in [-0.05, 0) is 36.4 Å². The molecule has 2 aromatic carbocycles. The lowest BCUT2D eigenvalue weighted by molar-refractivity contribution is -0.384. The Morgan fingerprint density at radius 2 is 1.85 bits per heavy atom. The summed E-state index contributed by atoms with van der Waals surface area (Å²) in [5.41, 5.74) is 0.239. The molecule has 0 saturated heterocycles. The van der Waals surface area contributed by atoms with Crippen molar-refractivity contribution in [2.45, 2.75) is 4.90 Å². The fraction of sp³-hybridized carbons (Fsp3) is 0.133. The fourth-order valence-electron chi connectivity index (χ4n) is 2.02. The van der Waals surface area contributed by atoms with E-state index in [1.54, 1.807) is 24.3 Å². The smallest absolute Gasteiger partial charge is 0.293 e. The number of nitrogens with one attached hydrogen (secondary N) is 3. The minimum absolute atomic E-state index is 0.175. The maximum atomic E-state index is 12.3. The Labute approximate surface area is 154 Å². The van der Waals surface area contributed by atoms with Crippen molar-refractivity contribution in [1.29, 1.82) is 0 Å². The Balaban J connectivity index is 2.08. The molecule has 0 aromatic heterocycles. The Kier molecular flexibility index (Phi) is 6.14. The molecule has 11 heteroatoms. The number of carbonyl (C=O) groups is 1. The third-order valence-corrected chi connectivity index (χ3v) is 4.95. The molecule has 3 N–H and O–H groups in total. The molecule has 0 radical (unpaired) electrons. The van der Waals surface area contributed by atoms with Crippen molar-refractivity contribution >= 4 is 44.6 Å². The van der Waals surface area contributed by atoms with Gasteiger partial charge in [0, 0.05) is 23.8 Å². The standard InChI is InChI=1S/C15H15ClN4O5S/c1-17-13-7-6-12(8-14(13)20(22)23)26(24,25)18-9-15(21)19-11-4-2-10(16)3-5-11/h2-8,17-18H,9H2,1H3,(H,19,21). The van der Waals surface area contributed by atoms with E-state index in [4.69, 9.17) is 11.6 Å². The maximum Gasteiger partial charge on any atom is 0.293 e. The van der Waals surface area contributed by atoms with Gasteiger partial charge in [-0.15, -0.1) is 0 Å². The molecule has 0 aliphatic heterocycles. The van der Waals surface area contributed by atoms with Gasteiger partial charge in [0.2, 0.25) is 15.9 Å². The first-order chi connectivity index (χ1) is 12.2. The molecular weight excluding hydrogens is 384 g/mol. The van der Waals surface area contributed by atoms with Gasteiger partial charge < -0.3 is 10.6 Å². The number of nitro groups is 1. The van der Waals surface area contributed by atoms with Crippen LogP contribution in [0, 0.1) is 10.1 Å². The molecule has 138 valence electrons. The molecule has 2 aromatic rings. The Morgan fingerprint density at radius 1 is 1.19 bits per heavy atom. The number of rotatable bonds is 7. The summed E-state index contributed by atoms with van der Waals surface area (Å²) < 4.78 is 26.6. The highest BCUT2D eigenvalue weighted by atomic mass is 35.5. The van der Waals surface area contributed by atoms with E-state index < -0.39 is 27.4 Å². The minimum Gasteiger partial charge on any atom is -0.383 e. The van der Waals surface area contributed by atoms with E-state index in [-0.39, 0.29) is 16.3 Å². The number of nitro benzene ring substituents is 1. The van der Waals surface area contributed by atoms with Gasteiger partial charge in [0.25, 0.3) is 5.69 Å². The van der Waals surface area contributed by atoms with Crippen molar-refractivity contribution in [3.8, 4) is 0 Å². The highest BCUT2D eigenvalue weighted by molar-refractivity contribution is 7.89. The van der Waals surface area contributed by atoms with Crippen molar-refractivity contribution in [1.82, 2.24) is 4.72 Å². The van der Waals surface area contributed by atoms with Crippen LogP contribution in [0.4, 0.5) is 17.1 Å². The Bertz CT molecular complexity index is 932. The molecule has 26 heavy (non-hydrogen) atoms. The van der Waals surface area contributed by atoms with Crippen molar-refractivity contribution in [2.24, 2.45) is 0 Å². The number of anilines is 2. The molecule has 0 atom stereocenters. The van der Waals surface area contributed by atoms with E-state index in [1.165, 1.54) is 19.2 Å². The Hall–Kier alpha value is -2.69. The van der Waals surface area contributed by atoms with Gasteiger partial charge in [-0.3, -0.25) is 14.9 Å². The molecule has 1 amide bonds. The number of carbonyl (C=O) groups excluding carboxylic acids is 1. The molecular formula is C15H15ClN4O5S. The second-order valence-electron chi connectivity index (χ2n) is 5.07. The summed E-state index contributed by atoms with van der Waals surface area (Å²) in [6.45, 7) is -0.535. The van der Waals surface area contributed by atoms with E-state index in [0.717, 1.165) is 6.07 Å². The van der Waals surface area contributed by atoms with Crippen LogP contribution >= 0.6 is 11.6 Å². The first-order valence-corrected chi connectivity index (χ1v) is 9.10. The van der Waals surface area contributed by atoms with E-state index in [1.807, 2.05) is 0 Å². The fourth-order valence-corrected chi connectivity index (χ4v) is 3.15. The highest BCUT2D eigenvalue weighted by Gasteiger charge is 2.21. The summed E-state index contributed by atoms with van der Waals surface area (Å²) in [7, 11) is -2.62.